The first kappa shape index (κ1) is 16.9. The van der Waals surface area contributed by atoms with Crippen molar-refractivity contribution in [3.8, 4) is 11.3 Å². The molecule has 1 aromatic carbocycles. The number of fused-ring (bicyclic) bond motifs is 1. The van der Waals surface area contributed by atoms with Crippen LogP contribution in [-0.2, 0) is 22.3 Å². The Hall–Kier alpha value is -2.55. The average molecular weight is 385 g/mol. The zero-order valence-electron chi connectivity index (χ0n) is 13.6. The van der Waals surface area contributed by atoms with E-state index in [2.05, 4.69) is 14.9 Å². The van der Waals surface area contributed by atoms with Gasteiger partial charge in [-0.15, -0.1) is 0 Å². The number of sulfonamides is 1. The van der Waals surface area contributed by atoms with Crippen molar-refractivity contribution in [2.75, 3.05) is 0 Å². The Morgan fingerprint density at radius 3 is 2.88 bits per heavy atom. The molecule has 0 atom stereocenters. The van der Waals surface area contributed by atoms with Crippen LogP contribution in [0.5, 0.6) is 0 Å². The molecule has 0 unspecified atom stereocenters. The minimum absolute atomic E-state index is 0.192. The van der Waals surface area contributed by atoms with E-state index in [4.69, 9.17) is 4.52 Å². The van der Waals surface area contributed by atoms with Gasteiger partial charge >= 0.3 is 0 Å². The summed E-state index contributed by atoms with van der Waals surface area (Å²) in [5, 5.41) is 8.58. The Kier molecular flexibility index (Phi) is 4.54. The second kappa shape index (κ2) is 6.99. The van der Waals surface area contributed by atoms with Crippen molar-refractivity contribution in [2.45, 2.75) is 12.3 Å². The van der Waals surface area contributed by atoms with Crippen molar-refractivity contribution in [1.82, 2.24) is 14.9 Å². The number of nitrogens with one attached hydrogen (secondary N) is 1. The van der Waals surface area contributed by atoms with Crippen molar-refractivity contribution in [3.63, 3.8) is 0 Å². The van der Waals surface area contributed by atoms with E-state index in [0.29, 0.717) is 16.7 Å². The van der Waals surface area contributed by atoms with E-state index >= 15 is 0 Å². The smallest absolute Gasteiger partial charge is 0.217 e. The summed E-state index contributed by atoms with van der Waals surface area (Å²) in [6.45, 7) is 0.192. The lowest BCUT2D eigenvalue weighted by molar-refractivity contribution is 0.448. The van der Waals surface area contributed by atoms with E-state index in [-0.39, 0.29) is 12.3 Å². The van der Waals surface area contributed by atoms with Crippen LogP contribution in [0, 0.1) is 0 Å². The van der Waals surface area contributed by atoms with Crippen LogP contribution in [0.3, 0.4) is 0 Å². The maximum Gasteiger partial charge on any atom is 0.217 e. The van der Waals surface area contributed by atoms with Crippen molar-refractivity contribution in [1.29, 1.82) is 0 Å². The number of para-hydroxylation sites is 1. The molecule has 0 bridgehead atoms. The lowest BCUT2D eigenvalue weighted by Crippen LogP contribution is -2.25. The minimum atomic E-state index is -3.55. The number of aromatic nitrogens is 2. The van der Waals surface area contributed by atoms with Gasteiger partial charge in [0.1, 0.15) is 11.4 Å². The van der Waals surface area contributed by atoms with Crippen LogP contribution >= 0.6 is 11.3 Å². The maximum atomic E-state index is 12.4. The number of thiophene rings is 1. The number of hydrogen-bond donors (Lipinski definition) is 1. The summed E-state index contributed by atoms with van der Waals surface area (Å²) < 4.78 is 32.6. The summed E-state index contributed by atoms with van der Waals surface area (Å²) in [7, 11) is -3.55. The SMILES string of the molecule is O=S(=O)(Cc1noc2ccccc12)NCc1ccnc(-c2ccsc2)c1. The molecular formula is C18H15N3O3S2. The topological polar surface area (TPSA) is 85.1 Å². The first-order valence-electron chi connectivity index (χ1n) is 7.89. The first-order chi connectivity index (χ1) is 12.6. The largest absolute Gasteiger partial charge is 0.356 e. The highest BCUT2D eigenvalue weighted by Gasteiger charge is 2.17. The fourth-order valence-electron chi connectivity index (χ4n) is 2.62. The second-order valence-corrected chi connectivity index (χ2v) is 8.35. The van der Waals surface area contributed by atoms with Gasteiger partial charge in [0, 0.05) is 29.1 Å². The van der Waals surface area contributed by atoms with Crippen molar-refractivity contribution in [3.05, 3.63) is 70.7 Å². The standard InChI is InChI=1S/C18H15N3O3S2/c22-26(23,12-17-15-3-1-2-4-18(15)24-21-17)20-10-13-5-7-19-16(9-13)14-6-8-25-11-14/h1-9,11,20H,10,12H2. The van der Waals surface area contributed by atoms with Crippen LogP contribution in [0.4, 0.5) is 0 Å². The molecule has 6 nitrogen and oxygen atoms in total. The Morgan fingerprint density at radius 1 is 1.15 bits per heavy atom. The molecule has 0 saturated carbocycles. The van der Waals surface area contributed by atoms with Gasteiger partial charge in [-0.05, 0) is 41.3 Å². The van der Waals surface area contributed by atoms with Gasteiger partial charge in [0.25, 0.3) is 0 Å². The Bertz CT molecular complexity index is 1140. The van der Waals surface area contributed by atoms with E-state index < -0.39 is 10.0 Å². The minimum Gasteiger partial charge on any atom is -0.356 e. The summed E-state index contributed by atoms with van der Waals surface area (Å²) in [5.74, 6) is -0.230. The fraction of sp³-hybridized carbons (Fsp3) is 0.111. The van der Waals surface area contributed by atoms with E-state index in [0.717, 1.165) is 16.8 Å². The van der Waals surface area contributed by atoms with Crippen LogP contribution in [0.2, 0.25) is 0 Å². The lowest BCUT2D eigenvalue weighted by atomic mass is 10.1. The van der Waals surface area contributed by atoms with Gasteiger partial charge in [0.05, 0.1) is 5.69 Å². The van der Waals surface area contributed by atoms with Crippen molar-refractivity contribution in [2.24, 2.45) is 0 Å². The first-order valence-corrected chi connectivity index (χ1v) is 10.5. The van der Waals surface area contributed by atoms with E-state index in [1.807, 2.05) is 35.0 Å². The zero-order valence-corrected chi connectivity index (χ0v) is 15.3. The predicted molar refractivity (Wildman–Crippen MR) is 101 cm³/mol. The van der Waals surface area contributed by atoms with Crippen LogP contribution in [-0.4, -0.2) is 18.6 Å². The molecule has 0 aliphatic carbocycles. The maximum absolute atomic E-state index is 12.4. The molecule has 0 spiro atoms. The molecule has 0 saturated heterocycles. The highest BCUT2D eigenvalue weighted by molar-refractivity contribution is 7.88. The van der Waals surface area contributed by atoms with Gasteiger partial charge in [0.15, 0.2) is 5.58 Å². The molecule has 0 aliphatic heterocycles. The highest BCUT2D eigenvalue weighted by atomic mass is 32.2. The average Bonchev–Trinajstić information content (AvgIpc) is 3.31. The summed E-state index contributed by atoms with van der Waals surface area (Å²) in [4.78, 5) is 4.33. The summed E-state index contributed by atoms with van der Waals surface area (Å²) in [6.07, 6.45) is 1.68. The molecule has 4 rings (SSSR count). The molecule has 3 heterocycles. The van der Waals surface area contributed by atoms with Gasteiger partial charge in [-0.1, -0.05) is 17.3 Å². The third-order valence-corrected chi connectivity index (χ3v) is 5.84. The summed E-state index contributed by atoms with van der Waals surface area (Å²) in [5.41, 5.74) is 3.67. The van der Waals surface area contributed by atoms with Crippen LogP contribution in [0.25, 0.3) is 22.2 Å². The second-order valence-electron chi connectivity index (χ2n) is 5.77. The fourth-order valence-corrected chi connectivity index (χ4v) is 4.33. The predicted octanol–water partition coefficient (Wildman–Crippen LogP) is 3.57. The van der Waals surface area contributed by atoms with Crippen molar-refractivity contribution < 1.29 is 12.9 Å². The van der Waals surface area contributed by atoms with Gasteiger partial charge < -0.3 is 4.52 Å². The zero-order chi connectivity index (χ0) is 18.0. The molecule has 8 heteroatoms. The monoisotopic (exact) mass is 385 g/mol. The molecule has 3 aromatic heterocycles. The van der Waals surface area contributed by atoms with E-state index in [1.54, 1.807) is 35.7 Å². The van der Waals surface area contributed by atoms with Crippen LogP contribution in [0.15, 0.2) is 63.9 Å². The summed E-state index contributed by atoms with van der Waals surface area (Å²) in [6, 6.07) is 12.9. The number of benzene rings is 1. The van der Waals surface area contributed by atoms with E-state index in [1.165, 1.54) is 0 Å². The Balaban J connectivity index is 1.48. The number of hydrogen-bond acceptors (Lipinski definition) is 6. The molecule has 132 valence electrons. The molecular weight excluding hydrogens is 370 g/mol. The third-order valence-electron chi connectivity index (χ3n) is 3.92. The van der Waals surface area contributed by atoms with Gasteiger partial charge in [-0.2, -0.15) is 11.3 Å². The normalized spacial score (nSPS) is 11.8. The van der Waals surface area contributed by atoms with Crippen LogP contribution < -0.4 is 4.72 Å². The molecule has 0 fully saturated rings. The Morgan fingerprint density at radius 2 is 2.04 bits per heavy atom. The third kappa shape index (κ3) is 3.67. The van der Waals surface area contributed by atoms with Gasteiger partial charge in [0.2, 0.25) is 10.0 Å². The van der Waals surface area contributed by atoms with E-state index in [9.17, 15) is 8.42 Å². The molecule has 0 aliphatic rings. The summed E-state index contributed by atoms with van der Waals surface area (Å²) >= 11 is 1.59. The number of nitrogens with zero attached hydrogens (tertiary/aromatic N) is 2. The number of pyridine rings is 1. The molecule has 1 N–H and O–H groups in total. The highest BCUT2D eigenvalue weighted by Crippen LogP contribution is 2.21. The van der Waals surface area contributed by atoms with Crippen molar-refractivity contribution >= 4 is 32.3 Å². The molecule has 26 heavy (non-hydrogen) atoms. The van der Waals surface area contributed by atoms with Gasteiger partial charge in [-0.3, -0.25) is 4.98 Å². The van der Waals surface area contributed by atoms with Crippen LogP contribution in [0.1, 0.15) is 11.3 Å². The van der Waals surface area contributed by atoms with Gasteiger partial charge in [-0.25, -0.2) is 13.1 Å². The lowest BCUT2D eigenvalue weighted by Gasteiger charge is -2.07. The number of rotatable bonds is 6. The molecule has 0 amide bonds. The molecule has 0 radical (unpaired) electrons. The molecule has 4 aromatic rings. The quantitative estimate of drug-likeness (QED) is 0.548. The Labute approximate surface area is 154 Å².